The number of nitrogens with one attached hydrogen (secondary N) is 1. The number of hydrogen-bond acceptors (Lipinski definition) is 4. The maximum atomic E-state index is 12.2. The third kappa shape index (κ3) is 4.34. The van der Waals surface area contributed by atoms with Gasteiger partial charge in [0.15, 0.2) is 5.03 Å². The van der Waals surface area contributed by atoms with Gasteiger partial charge in [-0.15, -0.1) is 0 Å². The van der Waals surface area contributed by atoms with E-state index >= 15 is 0 Å². The van der Waals surface area contributed by atoms with E-state index in [4.69, 9.17) is 0 Å². The van der Waals surface area contributed by atoms with Crippen molar-refractivity contribution >= 4 is 15.7 Å². The average Bonchev–Trinajstić information content (AvgIpc) is 2.36. The Labute approximate surface area is 115 Å². The lowest BCUT2D eigenvalue weighted by molar-refractivity contribution is -0.135. The van der Waals surface area contributed by atoms with Crippen molar-refractivity contribution in [2.75, 3.05) is 25.5 Å². The quantitative estimate of drug-likeness (QED) is 0.874. The molecule has 1 aromatic rings. The van der Waals surface area contributed by atoms with E-state index in [0.717, 1.165) is 7.05 Å². The average molecular weight is 311 g/mol. The van der Waals surface area contributed by atoms with Crippen LogP contribution in [0.4, 0.5) is 18.9 Å². The molecule has 0 aliphatic rings. The van der Waals surface area contributed by atoms with Crippen LogP contribution in [0.2, 0.25) is 0 Å². The van der Waals surface area contributed by atoms with Crippen molar-refractivity contribution in [1.29, 1.82) is 0 Å². The summed E-state index contributed by atoms with van der Waals surface area (Å²) in [6.45, 7) is 1.60. The van der Waals surface area contributed by atoms with Gasteiger partial charge in [-0.3, -0.25) is 0 Å². The molecule has 0 unspecified atom stereocenters. The predicted octanol–water partition coefficient (Wildman–Crippen LogP) is 2.09. The van der Waals surface area contributed by atoms with Gasteiger partial charge in [0.2, 0.25) is 0 Å². The van der Waals surface area contributed by atoms with Crippen LogP contribution in [0.15, 0.2) is 23.4 Å². The Morgan fingerprint density at radius 3 is 2.60 bits per heavy atom. The SMILES string of the molecule is CCNc1cccnc1S(=O)(=O)N(C)CCC(F)(F)F. The van der Waals surface area contributed by atoms with Gasteiger partial charge in [-0.05, 0) is 19.1 Å². The summed E-state index contributed by atoms with van der Waals surface area (Å²) < 4.78 is 61.5. The first-order valence-corrected chi connectivity index (χ1v) is 7.34. The molecule has 5 nitrogen and oxygen atoms in total. The number of aromatic nitrogens is 1. The van der Waals surface area contributed by atoms with Crippen LogP contribution in [0, 0.1) is 0 Å². The summed E-state index contributed by atoms with van der Waals surface area (Å²) in [5, 5.41) is 2.55. The first-order valence-electron chi connectivity index (χ1n) is 5.90. The van der Waals surface area contributed by atoms with Gasteiger partial charge in [-0.25, -0.2) is 13.4 Å². The van der Waals surface area contributed by atoms with Crippen molar-refractivity contribution in [3.8, 4) is 0 Å². The van der Waals surface area contributed by atoms with E-state index in [1.54, 1.807) is 13.0 Å². The lowest BCUT2D eigenvalue weighted by atomic mass is 10.4. The van der Waals surface area contributed by atoms with Gasteiger partial charge in [0.25, 0.3) is 10.0 Å². The Morgan fingerprint density at radius 2 is 2.05 bits per heavy atom. The third-order valence-electron chi connectivity index (χ3n) is 2.50. The second-order valence-corrected chi connectivity index (χ2v) is 6.04. The zero-order valence-corrected chi connectivity index (χ0v) is 11.9. The molecule has 0 bridgehead atoms. The first kappa shape index (κ1) is 16.7. The number of anilines is 1. The molecule has 0 amide bonds. The standard InChI is InChI=1S/C11H16F3N3O2S/c1-3-15-9-5-4-7-16-10(9)20(18,19)17(2)8-6-11(12,13)14/h4-5,7,15H,3,6,8H2,1-2H3. The minimum absolute atomic E-state index is 0.272. The summed E-state index contributed by atoms with van der Waals surface area (Å²) in [7, 11) is -2.95. The Hall–Kier alpha value is -1.35. The minimum Gasteiger partial charge on any atom is -0.383 e. The molecule has 0 aromatic carbocycles. The molecule has 0 atom stereocenters. The Balaban J connectivity index is 2.98. The Kier molecular flexibility index (Phi) is 5.35. The van der Waals surface area contributed by atoms with Gasteiger partial charge < -0.3 is 5.32 Å². The normalized spacial score (nSPS) is 12.7. The number of nitrogens with zero attached hydrogens (tertiary/aromatic N) is 2. The van der Waals surface area contributed by atoms with Crippen LogP contribution in [0.1, 0.15) is 13.3 Å². The van der Waals surface area contributed by atoms with Crippen LogP contribution in [0.3, 0.4) is 0 Å². The molecule has 1 N–H and O–H groups in total. The molecule has 0 fully saturated rings. The summed E-state index contributed by atoms with van der Waals surface area (Å²) in [5.41, 5.74) is 0.272. The second-order valence-electron chi connectivity index (χ2n) is 4.08. The maximum Gasteiger partial charge on any atom is 0.390 e. The molecule has 0 aliphatic carbocycles. The molecule has 114 valence electrons. The van der Waals surface area contributed by atoms with Gasteiger partial charge in [0.1, 0.15) is 0 Å². The number of hydrogen-bond donors (Lipinski definition) is 1. The number of pyridine rings is 1. The lowest BCUT2D eigenvalue weighted by Gasteiger charge is -2.19. The third-order valence-corrected chi connectivity index (χ3v) is 4.32. The van der Waals surface area contributed by atoms with Gasteiger partial charge >= 0.3 is 6.18 Å². The van der Waals surface area contributed by atoms with E-state index in [-0.39, 0.29) is 10.7 Å². The van der Waals surface area contributed by atoms with Crippen LogP contribution in [0.5, 0.6) is 0 Å². The lowest BCUT2D eigenvalue weighted by Crippen LogP contribution is -2.31. The number of sulfonamides is 1. The van der Waals surface area contributed by atoms with Gasteiger partial charge in [-0.2, -0.15) is 17.5 Å². The predicted molar refractivity (Wildman–Crippen MR) is 68.9 cm³/mol. The largest absolute Gasteiger partial charge is 0.390 e. The molecule has 9 heteroatoms. The van der Waals surface area contributed by atoms with Crippen LogP contribution in [0.25, 0.3) is 0 Å². The zero-order valence-electron chi connectivity index (χ0n) is 11.1. The van der Waals surface area contributed by atoms with Crippen molar-refractivity contribution in [3.63, 3.8) is 0 Å². The van der Waals surface area contributed by atoms with E-state index in [1.165, 1.54) is 12.3 Å². The summed E-state index contributed by atoms with van der Waals surface area (Å²) >= 11 is 0. The molecule has 1 rings (SSSR count). The number of alkyl halides is 3. The van der Waals surface area contributed by atoms with Crippen LogP contribution in [-0.2, 0) is 10.0 Å². The highest BCUT2D eigenvalue weighted by molar-refractivity contribution is 7.89. The van der Waals surface area contributed by atoms with Crippen molar-refractivity contribution < 1.29 is 21.6 Å². The Morgan fingerprint density at radius 1 is 1.40 bits per heavy atom. The van der Waals surface area contributed by atoms with E-state index in [2.05, 4.69) is 10.3 Å². The summed E-state index contributed by atoms with van der Waals surface area (Å²) in [6, 6.07) is 3.06. The fraction of sp³-hybridized carbons (Fsp3) is 0.545. The zero-order chi connectivity index (χ0) is 15.4. The molecule has 0 saturated heterocycles. The van der Waals surface area contributed by atoms with E-state index in [1.807, 2.05) is 0 Å². The monoisotopic (exact) mass is 311 g/mol. The van der Waals surface area contributed by atoms with Crippen molar-refractivity contribution in [2.45, 2.75) is 24.5 Å². The van der Waals surface area contributed by atoms with Crippen molar-refractivity contribution in [2.24, 2.45) is 0 Å². The highest BCUT2D eigenvalue weighted by atomic mass is 32.2. The Bertz CT molecular complexity index is 546. The first-order chi connectivity index (χ1) is 9.18. The van der Waals surface area contributed by atoms with E-state index in [0.29, 0.717) is 10.8 Å². The molecule has 0 aliphatic heterocycles. The highest BCUT2D eigenvalue weighted by Crippen LogP contribution is 2.24. The fourth-order valence-corrected chi connectivity index (χ4v) is 2.71. The highest BCUT2D eigenvalue weighted by Gasteiger charge is 2.31. The smallest absolute Gasteiger partial charge is 0.383 e. The van der Waals surface area contributed by atoms with Crippen molar-refractivity contribution in [3.05, 3.63) is 18.3 Å². The maximum absolute atomic E-state index is 12.2. The van der Waals surface area contributed by atoms with E-state index < -0.39 is 29.2 Å². The molecular formula is C11H16F3N3O2S. The van der Waals surface area contributed by atoms with Gasteiger partial charge in [0, 0.05) is 26.3 Å². The molecule has 0 saturated carbocycles. The second kappa shape index (κ2) is 6.40. The molecular weight excluding hydrogens is 295 g/mol. The minimum atomic E-state index is -4.40. The summed E-state index contributed by atoms with van der Waals surface area (Å²) in [6.07, 6.45) is -4.32. The summed E-state index contributed by atoms with van der Waals surface area (Å²) in [4.78, 5) is 3.76. The van der Waals surface area contributed by atoms with E-state index in [9.17, 15) is 21.6 Å². The van der Waals surface area contributed by atoms with Gasteiger partial charge in [0.05, 0.1) is 12.1 Å². The molecule has 0 radical (unpaired) electrons. The molecule has 20 heavy (non-hydrogen) atoms. The summed E-state index contributed by atoms with van der Waals surface area (Å²) in [5.74, 6) is 0. The van der Waals surface area contributed by atoms with Crippen LogP contribution in [-0.4, -0.2) is 44.0 Å². The van der Waals surface area contributed by atoms with Crippen molar-refractivity contribution in [1.82, 2.24) is 9.29 Å². The molecule has 0 spiro atoms. The van der Waals surface area contributed by atoms with Crippen LogP contribution < -0.4 is 5.32 Å². The van der Waals surface area contributed by atoms with Gasteiger partial charge in [-0.1, -0.05) is 0 Å². The topological polar surface area (TPSA) is 62.3 Å². The fourth-order valence-electron chi connectivity index (χ4n) is 1.47. The number of halogens is 3. The molecule has 1 aromatic heterocycles. The number of rotatable bonds is 6. The van der Waals surface area contributed by atoms with Crippen LogP contribution >= 0.6 is 0 Å². The molecule has 1 heterocycles.